The first-order chi connectivity index (χ1) is 8.63. The second kappa shape index (κ2) is 6.11. The molecular weight excluding hydrogens is 292 g/mol. The van der Waals surface area contributed by atoms with Crippen molar-refractivity contribution in [1.29, 1.82) is 0 Å². The van der Waals surface area contributed by atoms with Crippen LogP contribution >= 0.6 is 15.9 Å². The molecule has 1 N–H and O–H groups in total. The molecule has 0 aliphatic carbocycles. The molecule has 0 fully saturated rings. The van der Waals surface area contributed by atoms with Gasteiger partial charge in [-0.1, -0.05) is 19.9 Å². The molecule has 0 bridgehead atoms. The highest BCUT2D eigenvalue weighted by atomic mass is 79.9. The Balaban J connectivity index is 2.02. The smallest absolute Gasteiger partial charge is 0.0831 e. The van der Waals surface area contributed by atoms with Crippen LogP contribution in [0.15, 0.2) is 35.1 Å². The first kappa shape index (κ1) is 13.2. The van der Waals surface area contributed by atoms with Crippen molar-refractivity contribution in [3.05, 3.63) is 46.5 Å². The molecule has 2 rings (SSSR count). The number of rotatable bonds is 5. The van der Waals surface area contributed by atoms with E-state index in [4.69, 9.17) is 0 Å². The van der Waals surface area contributed by atoms with Crippen molar-refractivity contribution in [3.8, 4) is 0 Å². The van der Waals surface area contributed by atoms with Gasteiger partial charge in [-0.2, -0.15) is 5.10 Å². The molecule has 5 heteroatoms. The summed E-state index contributed by atoms with van der Waals surface area (Å²) in [5.74, 6) is 0. The first-order valence-electron chi connectivity index (χ1n) is 5.99. The van der Waals surface area contributed by atoms with Gasteiger partial charge in [-0.25, -0.2) is 0 Å². The van der Waals surface area contributed by atoms with Crippen LogP contribution in [0.5, 0.6) is 0 Å². The topological polar surface area (TPSA) is 42.7 Å². The van der Waals surface area contributed by atoms with E-state index in [1.807, 2.05) is 29.1 Å². The maximum atomic E-state index is 4.61. The zero-order chi connectivity index (χ0) is 13.0. The lowest BCUT2D eigenvalue weighted by molar-refractivity contribution is 0.578. The van der Waals surface area contributed by atoms with Crippen LogP contribution < -0.4 is 5.32 Å². The van der Waals surface area contributed by atoms with Gasteiger partial charge < -0.3 is 5.32 Å². The maximum Gasteiger partial charge on any atom is 0.0831 e. The summed E-state index contributed by atoms with van der Waals surface area (Å²) in [5, 5.41) is 7.59. The van der Waals surface area contributed by atoms with E-state index in [0.29, 0.717) is 12.6 Å². The Morgan fingerprint density at radius 2 is 2.11 bits per heavy atom. The third-order valence-electron chi connectivity index (χ3n) is 2.48. The quantitative estimate of drug-likeness (QED) is 0.923. The number of aromatic nitrogens is 3. The molecular formula is C13H17BrN4. The van der Waals surface area contributed by atoms with Gasteiger partial charge in [-0.05, 0) is 28.1 Å². The number of halogens is 1. The molecule has 0 aromatic carbocycles. The van der Waals surface area contributed by atoms with Gasteiger partial charge in [0.15, 0.2) is 0 Å². The van der Waals surface area contributed by atoms with Gasteiger partial charge in [0.2, 0.25) is 0 Å². The van der Waals surface area contributed by atoms with Crippen LogP contribution in [0.3, 0.4) is 0 Å². The van der Waals surface area contributed by atoms with Crippen LogP contribution in [0.25, 0.3) is 0 Å². The van der Waals surface area contributed by atoms with Gasteiger partial charge in [0.25, 0.3) is 0 Å². The number of nitrogens with one attached hydrogen (secondary N) is 1. The van der Waals surface area contributed by atoms with Crippen molar-refractivity contribution in [2.75, 3.05) is 0 Å². The highest BCUT2D eigenvalue weighted by molar-refractivity contribution is 9.10. The van der Waals surface area contributed by atoms with Gasteiger partial charge in [0, 0.05) is 18.8 Å². The van der Waals surface area contributed by atoms with Crippen LogP contribution in [0.4, 0.5) is 0 Å². The van der Waals surface area contributed by atoms with E-state index in [-0.39, 0.29) is 0 Å². The normalized spacial score (nSPS) is 11.1. The predicted molar refractivity (Wildman–Crippen MR) is 75.2 cm³/mol. The highest BCUT2D eigenvalue weighted by Crippen LogP contribution is 2.08. The van der Waals surface area contributed by atoms with Gasteiger partial charge >= 0.3 is 0 Å². The summed E-state index contributed by atoms with van der Waals surface area (Å²) in [7, 11) is 0. The Morgan fingerprint density at radius 3 is 2.78 bits per heavy atom. The molecule has 18 heavy (non-hydrogen) atoms. The number of pyridine rings is 1. The molecule has 2 heterocycles. The van der Waals surface area contributed by atoms with Crippen molar-refractivity contribution in [3.63, 3.8) is 0 Å². The number of hydrogen-bond acceptors (Lipinski definition) is 3. The van der Waals surface area contributed by atoms with E-state index >= 15 is 0 Å². The minimum Gasteiger partial charge on any atom is -0.309 e. The molecule has 4 nitrogen and oxygen atoms in total. The average molecular weight is 309 g/mol. The average Bonchev–Trinajstić information content (AvgIpc) is 2.73. The van der Waals surface area contributed by atoms with Crippen molar-refractivity contribution >= 4 is 15.9 Å². The van der Waals surface area contributed by atoms with Crippen LogP contribution in [0.1, 0.15) is 25.2 Å². The molecule has 0 aliphatic heterocycles. The summed E-state index contributed by atoms with van der Waals surface area (Å²) in [6, 6.07) is 6.57. The Kier molecular flexibility index (Phi) is 4.49. The second-order valence-electron chi connectivity index (χ2n) is 4.51. The van der Waals surface area contributed by atoms with Crippen molar-refractivity contribution in [1.82, 2.24) is 20.1 Å². The molecule has 0 saturated heterocycles. The van der Waals surface area contributed by atoms with E-state index in [1.54, 1.807) is 6.20 Å². The SMILES string of the molecule is CC(C)NCc1cccc(Cn2cc(Br)cn2)n1. The maximum absolute atomic E-state index is 4.61. The summed E-state index contributed by atoms with van der Waals surface area (Å²) in [6.07, 6.45) is 3.73. The minimum atomic E-state index is 0.470. The summed E-state index contributed by atoms with van der Waals surface area (Å²) in [5.41, 5.74) is 2.08. The van der Waals surface area contributed by atoms with Crippen molar-refractivity contribution < 1.29 is 0 Å². The summed E-state index contributed by atoms with van der Waals surface area (Å²) >= 11 is 3.39. The minimum absolute atomic E-state index is 0.470. The van der Waals surface area contributed by atoms with Gasteiger partial charge in [0.1, 0.15) is 0 Å². The second-order valence-corrected chi connectivity index (χ2v) is 5.43. The Hall–Kier alpha value is -1.20. The lowest BCUT2D eigenvalue weighted by Crippen LogP contribution is -2.22. The molecule has 2 aromatic rings. The Morgan fingerprint density at radius 1 is 1.33 bits per heavy atom. The largest absolute Gasteiger partial charge is 0.309 e. The zero-order valence-corrected chi connectivity index (χ0v) is 12.2. The fourth-order valence-corrected chi connectivity index (χ4v) is 1.94. The molecule has 0 amide bonds. The summed E-state index contributed by atoms with van der Waals surface area (Å²) in [6.45, 7) is 5.76. The van der Waals surface area contributed by atoms with E-state index in [0.717, 1.165) is 22.4 Å². The van der Waals surface area contributed by atoms with Crippen LogP contribution in [0, 0.1) is 0 Å². The molecule has 0 unspecified atom stereocenters. The lowest BCUT2D eigenvalue weighted by atomic mass is 10.3. The number of hydrogen-bond donors (Lipinski definition) is 1. The lowest BCUT2D eigenvalue weighted by Gasteiger charge is -2.08. The predicted octanol–water partition coefficient (Wildman–Crippen LogP) is 2.59. The molecule has 0 spiro atoms. The van der Waals surface area contributed by atoms with Crippen molar-refractivity contribution in [2.24, 2.45) is 0 Å². The van der Waals surface area contributed by atoms with Crippen LogP contribution in [0.2, 0.25) is 0 Å². The molecule has 0 aliphatic rings. The van der Waals surface area contributed by atoms with Gasteiger partial charge in [-0.3, -0.25) is 9.67 Å². The van der Waals surface area contributed by atoms with E-state index in [2.05, 4.69) is 45.2 Å². The molecule has 96 valence electrons. The van der Waals surface area contributed by atoms with Gasteiger partial charge in [0.05, 0.1) is 28.6 Å². The number of nitrogens with zero attached hydrogens (tertiary/aromatic N) is 3. The van der Waals surface area contributed by atoms with Crippen LogP contribution in [-0.4, -0.2) is 20.8 Å². The van der Waals surface area contributed by atoms with Crippen molar-refractivity contribution in [2.45, 2.75) is 33.0 Å². The highest BCUT2D eigenvalue weighted by Gasteiger charge is 2.01. The molecule has 0 radical (unpaired) electrons. The third kappa shape index (κ3) is 3.92. The van der Waals surface area contributed by atoms with E-state index in [1.165, 1.54) is 0 Å². The standard InChI is InChI=1S/C13H17BrN4/c1-10(2)15-7-12-4-3-5-13(17-12)9-18-8-11(14)6-16-18/h3-6,8,10,15H,7,9H2,1-2H3. The Bertz CT molecular complexity index is 507. The van der Waals surface area contributed by atoms with E-state index in [9.17, 15) is 0 Å². The van der Waals surface area contributed by atoms with Crippen LogP contribution in [-0.2, 0) is 13.1 Å². The van der Waals surface area contributed by atoms with E-state index < -0.39 is 0 Å². The first-order valence-corrected chi connectivity index (χ1v) is 6.79. The summed E-state index contributed by atoms with van der Waals surface area (Å²) < 4.78 is 2.85. The monoisotopic (exact) mass is 308 g/mol. The fourth-order valence-electron chi connectivity index (χ4n) is 1.62. The molecule has 0 saturated carbocycles. The fraction of sp³-hybridized carbons (Fsp3) is 0.385. The zero-order valence-electron chi connectivity index (χ0n) is 10.6. The Labute approximate surface area is 116 Å². The third-order valence-corrected chi connectivity index (χ3v) is 2.89. The molecule has 2 aromatic heterocycles. The molecule has 0 atom stereocenters. The van der Waals surface area contributed by atoms with Gasteiger partial charge in [-0.15, -0.1) is 0 Å². The summed E-state index contributed by atoms with van der Waals surface area (Å²) in [4.78, 5) is 4.61.